The molecule has 68 heavy (non-hydrogen) atoms. The number of hydrogen-bond acceptors (Lipinski definition) is 13. The van der Waals surface area contributed by atoms with Gasteiger partial charge in [0.1, 0.15) is 0 Å². The van der Waals surface area contributed by atoms with Crippen molar-refractivity contribution in [3.63, 3.8) is 0 Å². The maximum atomic E-state index is 14.7. The molecule has 0 aromatic heterocycles. The Morgan fingerprint density at radius 2 is 1.47 bits per heavy atom. The first kappa shape index (κ1) is 49.6. The van der Waals surface area contributed by atoms with E-state index in [1.165, 1.54) is 0 Å². The molecule has 4 aromatic rings. The molecule has 3 saturated heterocycles. The minimum atomic E-state index is -2.64. The van der Waals surface area contributed by atoms with E-state index in [1.807, 2.05) is 60.7 Å². The van der Waals surface area contributed by atoms with Gasteiger partial charge in [0.25, 0.3) is 0 Å². The number of esters is 1. The van der Waals surface area contributed by atoms with Gasteiger partial charge >= 0.3 is 405 Å². The van der Waals surface area contributed by atoms with Gasteiger partial charge in [0.2, 0.25) is 0 Å². The van der Waals surface area contributed by atoms with Crippen LogP contribution in [0.3, 0.4) is 0 Å². The van der Waals surface area contributed by atoms with Gasteiger partial charge in [-0.3, -0.25) is 0 Å². The van der Waals surface area contributed by atoms with Crippen LogP contribution in [0.4, 0.5) is 0 Å². The van der Waals surface area contributed by atoms with Crippen LogP contribution in [0, 0.1) is 0 Å². The molecule has 0 aliphatic carbocycles. The molecule has 16 nitrogen and oxygen atoms in total. The molecule has 0 radical (unpaired) electrons. The molecule has 0 unspecified atom stereocenters. The average molecular weight is 1010 g/mol. The second-order valence-electron chi connectivity index (χ2n) is 19.0. The van der Waals surface area contributed by atoms with Gasteiger partial charge in [-0.2, -0.15) is 0 Å². The zero-order chi connectivity index (χ0) is 48.2. The van der Waals surface area contributed by atoms with Gasteiger partial charge in [-0.05, 0) is 0 Å². The van der Waals surface area contributed by atoms with Gasteiger partial charge < -0.3 is 0 Å². The molecule has 8 rings (SSSR count). The molecule has 0 N–H and O–H groups in total. The SMILES string of the molecule is CC1(C)OC[C@H]2O[C@H](O[C@@H]3O[C@H](C[Se]c4ccccc4)[C@H](OC(=O)c4ccccc4)[C@H](OCOCc4ccccc4)[C@H]3N3C(=O)c4ccccc4C3=O)[C@H](N=[N+]=[N-])[C@@H](O[Si](C)(C)C(C)(C)C)[C@@H]2O1. The fourth-order valence-corrected chi connectivity index (χ4v) is 11.8. The van der Waals surface area contributed by atoms with E-state index in [4.69, 9.17) is 42.3 Å². The van der Waals surface area contributed by atoms with Crippen LogP contribution in [-0.2, 0) is 48.9 Å². The van der Waals surface area contributed by atoms with Crippen molar-refractivity contribution in [1.82, 2.24) is 4.90 Å². The summed E-state index contributed by atoms with van der Waals surface area (Å²) >= 11 is -0.265. The summed E-state index contributed by atoms with van der Waals surface area (Å²) in [6.07, 6.45) is -8.85. The van der Waals surface area contributed by atoms with Crippen LogP contribution in [0.2, 0.25) is 23.5 Å². The molecule has 360 valence electrons. The van der Waals surface area contributed by atoms with Gasteiger partial charge in [0, 0.05) is 0 Å². The fraction of sp³-hybridized carbons (Fsp3) is 0.460. The third kappa shape index (κ3) is 11.0. The summed E-state index contributed by atoms with van der Waals surface area (Å²) in [5.74, 6) is -2.98. The van der Waals surface area contributed by atoms with Crippen LogP contribution in [0.15, 0.2) is 120 Å². The Labute approximate surface area is 403 Å². The summed E-state index contributed by atoms with van der Waals surface area (Å²) in [5.41, 5.74) is 11.7. The first-order chi connectivity index (χ1) is 32.5. The summed E-state index contributed by atoms with van der Waals surface area (Å²) in [7, 11) is -2.64. The van der Waals surface area contributed by atoms with Crippen molar-refractivity contribution in [2.75, 3.05) is 13.4 Å². The van der Waals surface area contributed by atoms with Gasteiger partial charge in [-0.15, -0.1) is 0 Å². The molecule has 0 saturated carbocycles. The Morgan fingerprint density at radius 1 is 0.853 bits per heavy atom. The molecule has 10 atom stereocenters. The number of benzene rings is 4. The topological polar surface area (TPSA) is 186 Å². The van der Waals surface area contributed by atoms with Crippen LogP contribution in [-0.4, -0.2) is 126 Å². The van der Waals surface area contributed by atoms with Crippen LogP contribution in [0.1, 0.15) is 71.3 Å². The zero-order valence-electron chi connectivity index (χ0n) is 39.2. The van der Waals surface area contributed by atoms with Crippen LogP contribution in [0.25, 0.3) is 10.4 Å². The summed E-state index contributed by atoms with van der Waals surface area (Å²) < 4.78 is 60.7. The van der Waals surface area contributed by atoms with Crippen molar-refractivity contribution >= 4 is 45.5 Å². The molecule has 4 aromatic carbocycles. The first-order valence-electron chi connectivity index (χ1n) is 22.7. The number of ether oxygens (including phenoxy) is 8. The number of carbonyl (C=O) groups is 3. The number of imide groups is 1. The van der Waals surface area contributed by atoms with E-state index in [0.29, 0.717) is 5.32 Å². The Balaban J connectivity index is 1.23. The quantitative estimate of drug-likeness (QED) is 0.0157. The standard InChI is InChI=1S/C50H58N4O12SeSi/c1-49(2,3)68(6,7)66-42-38(52-53-51)47(61-36-28-60-50(4,5)65-41(36)42)64-48-39(54-44(55)34-25-17-18-26-35(34)45(54)56)43(59-30-58-27-31-19-11-8-12-20-31)40(63-46(57)32-21-13-9-14-22-32)37(62-48)29-67-33-23-15-10-16-24-33/h8-26,36-43,47-48H,27-30H2,1-7H3/t36-,37-,38-,39-,40+,41-,42-,43-,47-,48+/m1/s1. The van der Waals surface area contributed by atoms with E-state index < -0.39 is 93.2 Å². The van der Waals surface area contributed by atoms with E-state index >= 15 is 0 Å². The molecule has 4 heterocycles. The number of carbonyl (C=O) groups excluding carboxylic acids is 3. The van der Waals surface area contributed by atoms with E-state index in [-0.39, 0.29) is 56.7 Å². The van der Waals surface area contributed by atoms with Crippen molar-refractivity contribution in [1.29, 1.82) is 0 Å². The fourth-order valence-electron chi connectivity index (χ4n) is 8.43. The Hall–Kier alpha value is -4.78. The van der Waals surface area contributed by atoms with Gasteiger partial charge in [-0.25, -0.2) is 0 Å². The van der Waals surface area contributed by atoms with Crippen LogP contribution < -0.4 is 4.46 Å². The third-order valence-electron chi connectivity index (χ3n) is 12.9. The zero-order valence-corrected chi connectivity index (χ0v) is 41.9. The van der Waals surface area contributed by atoms with E-state index in [0.717, 1.165) is 14.9 Å². The Kier molecular flexibility index (Phi) is 15.4. The number of nitrogens with zero attached hydrogens (tertiary/aromatic N) is 4. The number of amides is 2. The van der Waals surface area contributed by atoms with Crippen molar-refractivity contribution in [3.05, 3.63) is 148 Å². The molecule has 3 fully saturated rings. The van der Waals surface area contributed by atoms with Crippen molar-refractivity contribution in [2.45, 2.75) is 132 Å². The number of hydrogen-bond donors (Lipinski definition) is 0. The molecule has 18 heteroatoms. The average Bonchev–Trinajstić information content (AvgIpc) is 3.57. The first-order valence-corrected chi connectivity index (χ1v) is 27.7. The van der Waals surface area contributed by atoms with Gasteiger partial charge in [-0.1, -0.05) is 0 Å². The van der Waals surface area contributed by atoms with Crippen molar-refractivity contribution in [2.24, 2.45) is 5.11 Å². The number of azide groups is 1. The Bertz CT molecular complexity index is 2410. The van der Waals surface area contributed by atoms with E-state index in [2.05, 4.69) is 43.9 Å². The van der Waals surface area contributed by atoms with Crippen molar-refractivity contribution in [3.8, 4) is 0 Å². The van der Waals surface area contributed by atoms with Gasteiger partial charge in [0.15, 0.2) is 0 Å². The molecule has 4 aliphatic heterocycles. The minimum absolute atomic E-state index is 0.0788. The van der Waals surface area contributed by atoms with E-state index in [1.54, 1.807) is 68.4 Å². The summed E-state index contributed by atoms with van der Waals surface area (Å²) in [4.78, 5) is 48.0. The summed E-state index contributed by atoms with van der Waals surface area (Å²) in [6.45, 7) is 14.0. The molecule has 0 spiro atoms. The van der Waals surface area contributed by atoms with Crippen LogP contribution in [0.5, 0.6) is 0 Å². The third-order valence-corrected chi connectivity index (χ3v) is 19.7. The maximum absolute atomic E-state index is 14.7. The predicted molar refractivity (Wildman–Crippen MR) is 252 cm³/mol. The normalized spacial score (nSPS) is 28.0. The van der Waals surface area contributed by atoms with Gasteiger partial charge in [0.05, 0.1) is 0 Å². The molecular formula is C50H58N4O12SeSi. The molecule has 2 amide bonds. The Morgan fingerprint density at radius 3 is 2.10 bits per heavy atom. The molecule has 4 aliphatic rings. The second kappa shape index (κ2) is 21.1. The number of rotatable bonds is 16. The molecular weight excluding hydrogens is 956 g/mol. The van der Waals surface area contributed by atoms with Crippen molar-refractivity contribution < 1.29 is 56.7 Å². The number of fused-ring (bicyclic) bond motifs is 2. The monoisotopic (exact) mass is 1010 g/mol. The summed E-state index contributed by atoms with van der Waals surface area (Å²) in [6, 6.07) is 31.7. The summed E-state index contributed by atoms with van der Waals surface area (Å²) in [5, 5.41) is 4.34. The van der Waals surface area contributed by atoms with Crippen LogP contribution >= 0.6 is 0 Å². The molecule has 0 bridgehead atoms. The second-order valence-corrected chi connectivity index (χ2v) is 26.1. The van der Waals surface area contributed by atoms with E-state index in [9.17, 15) is 19.9 Å². The predicted octanol–water partition coefficient (Wildman–Crippen LogP) is 7.57.